The fraction of sp³-hybridized carbons (Fsp3) is 0.600. The van der Waals surface area contributed by atoms with Crippen LogP contribution in [0.3, 0.4) is 0 Å². The molecule has 0 bridgehead atoms. The normalized spacial score (nSPS) is 12.0. The average Bonchev–Trinajstić information content (AvgIpc) is 2.35. The fourth-order valence-corrected chi connectivity index (χ4v) is 1.09. The van der Waals surface area contributed by atoms with Gasteiger partial charge in [-0.15, -0.1) is 0 Å². The molecule has 0 fully saturated rings. The number of aliphatic hydroxyl groups is 1. The highest BCUT2D eigenvalue weighted by atomic mass is 16.4. The third-order valence-electron chi connectivity index (χ3n) is 1.76. The van der Waals surface area contributed by atoms with Gasteiger partial charge in [0.15, 0.2) is 0 Å². The van der Waals surface area contributed by atoms with Gasteiger partial charge >= 0.3 is 0 Å². The van der Waals surface area contributed by atoms with Gasteiger partial charge in [0.2, 0.25) is 0 Å². The van der Waals surface area contributed by atoms with E-state index in [4.69, 9.17) is 4.42 Å². The van der Waals surface area contributed by atoms with E-state index in [-0.39, 0.29) is 0 Å². The van der Waals surface area contributed by atoms with Crippen LogP contribution in [0, 0.1) is 0 Å². The van der Waals surface area contributed by atoms with Gasteiger partial charge in [0.05, 0.1) is 0 Å². The fourth-order valence-electron chi connectivity index (χ4n) is 1.09. The van der Waals surface area contributed by atoms with E-state index < -0.39 is 5.60 Å². The lowest BCUT2D eigenvalue weighted by Crippen LogP contribution is -2.13. The maximum Gasteiger partial charge on any atom is 0.135 e. The summed E-state index contributed by atoms with van der Waals surface area (Å²) in [7, 11) is 0. The highest BCUT2D eigenvalue weighted by Gasteiger charge is 2.19. The Bertz CT molecular complexity index is 243. The van der Waals surface area contributed by atoms with E-state index in [9.17, 15) is 5.11 Å². The van der Waals surface area contributed by atoms with E-state index in [1.165, 1.54) is 0 Å². The first-order chi connectivity index (χ1) is 5.54. The van der Waals surface area contributed by atoms with Gasteiger partial charge in [0.1, 0.15) is 17.1 Å². The molecule has 1 aromatic heterocycles. The molecule has 0 radical (unpaired) electrons. The minimum absolute atomic E-state index is 0.644. The molecule has 0 aliphatic rings. The van der Waals surface area contributed by atoms with Gasteiger partial charge in [0.25, 0.3) is 0 Å². The lowest BCUT2D eigenvalue weighted by molar-refractivity contribution is 0.0529. The minimum Gasteiger partial charge on any atom is -0.463 e. The van der Waals surface area contributed by atoms with Crippen molar-refractivity contribution < 1.29 is 9.52 Å². The number of rotatable bonds is 3. The van der Waals surface area contributed by atoms with Gasteiger partial charge in [0, 0.05) is 6.42 Å². The Morgan fingerprint density at radius 1 is 1.42 bits per heavy atom. The summed E-state index contributed by atoms with van der Waals surface area (Å²) in [5.41, 5.74) is -0.855. The van der Waals surface area contributed by atoms with Crippen molar-refractivity contribution in [3.8, 4) is 0 Å². The molecule has 0 unspecified atom stereocenters. The minimum atomic E-state index is -0.855. The third-order valence-corrected chi connectivity index (χ3v) is 1.76. The molecular weight excluding hydrogens is 152 g/mol. The second-order valence-corrected chi connectivity index (χ2v) is 3.57. The van der Waals surface area contributed by atoms with Crippen LogP contribution in [0.4, 0.5) is 0 Å². The standard InChI is InChI=1S/C10H16O2/c1-4-5-8-6-7-9(12-8)10(2,3)11/h6-7,11H,4-5H2,1-3H3. The molecule has 0 amide bonds. The van der Waals surface area contributed by atoms with Gasteiger partial charge in [-0.2, -0.15) is 0 Å². The summed E-state index contributed by atoms with van der Waals surface area (Å²) in [5, 5.41) is 9.58. The summed E-state index contributed by atoms with van der Waals surface area (Å²) in [6.07, 6.45) is 2.01. The maximum absolute atomic E-state index is 9.58. The number of furan rings is 1. The van der Waals surface area contributed by atoms with Crippen molar-refractivity contribution >= 4 is 0 Å². The molecule has 1 rings (SSSR count). The molecule has 0 saturated carbocycles. The van der Waals surface area contributed by atoms with Gasteiger partial charge < -0.3 is 9.52 Å². The van der Waals surface area contributed by atoms with Crippen LogP contribution >= 0.6 is 0 Å². The third kappa shape index (κ3) is 2.11. The predicted octanol–water partition coefficient (Wildman–Crippen LogP) is 2.46. The predicted molar refractivity (Wildman–Crippen MR) is 47.9 cm³/mol. The van der Waals surface area contributed by atoms with Crippen molar-refractivity contribution in [1.82, 2.24) is 0 Å². The summed E-state index contributed by atoms with van der Waals surface area (Å²) in [5.74, 6) is 1.60. The van der Waals surface area contributed by atoms with E-state index >= 15 is 0 Å². The zero-order valence-electron chi connectivity index (χ0n) is 7.92. The van der Waals surface area contributed by atoms with Crippen LogP contribution in [-0.4, -0.2) is 5.11 Å². The number of hydrogen-bond donors (Lipinski definition) is 1. The molecule has 0 aliphatic heterocycles. The number of aryl methyl sites for hydroxylation is 1. The van der Waals surface area contributed by atoms with Crippen molar-refractivity contribution in [2.75, 3.05) is 0 Å². The molecule has 1 N–H and O–H groups in total. The van der Waals surface area contributed by atoms with Crippen molar-refractivity contribution in [3.05, 3.63) is 23.7 Å². The summed E-state index contributed by atoms with van der Waals surface area (Å²) in [6, 6.07) is 3.77. The van der Waals surface area contributed by atoms with E-state index in [0.29, 0.717) is 5.76 Å². The van der Waals surface area contributed by atoms with Gasteiger partial charge in [-0.3, -0.25) is 0 Å². The molecule has 68 valence electrons. The molecule has 0 aliphatic carbocycles. The maximum atomic E-state index is 9.58. The van der Waals surface area contributed by atoms with E-state index in [0.717, 1.165) is 18.6 Å². The Morgan fingerprint density at radius 2 is 2.08 bits per heavy atom. The molecular formula is C10H16O2. The molecule has 2 heteroatoms. The SMILES string of the molecule is CCCc1ccc(C(C)(C)O)o1. The first kappa shape index (κ1) is 9.33. The second kappa shape index (κ2) is 3.31. The Hall–Kier alpha value is -0.760. The Morgan fingerprint density at radius 3 is 2.50 bits per heavy atom. The average molecular weight is 168 g/mol. The monoisotopic (exact) mass is 168 g/mol. The van der Waals surface area contributed by atoms with E-state index in [2.05, 4.69) is 6.92 Å². The summed E-state index contributed by atoms with van der Waals surface area (Å²) in [4.78, 5) is 0. The van der Waals surface area contributed by atoms with Crippen LogP contribution in [0.15, 0.2) is 16.5 Å². The largest absolute Gasteiger partial charge is 0.463 e. The van der Waals surface area contributed by atoms with Crippen molar-refractivity contribution in [3.63, 3.8) is 0 Å². The molecule has 0 aromatic carbocycles. The highest BCUT2D eigenvalue weighted by Crippen LogP contribution is 2.22. The lowest BCUT2D eigenvalue weighted by atomic mass is 10.1. The molecule has 2 nitrogen and oxygen atoms in total. The zero-order valence-corrected chi connectivity index (χ0v) is 7.92. The van der Waals surface area contributed by atoms with E-state index in [1.54, 1.807) is 13.8 Å². The molecule has 12 heavy (non-hydrogen) atoms. The van der Waals surface area contributed by atoms with Crippen LogP contribution in [-0.2, 0) is 12.0 Å². The van der Waals surface area contributed by atoms with Crippen LogP contribution < -0.4 is 0 Å². The lowest BCUT2D eigenvalue weighted by Gasteiger charge is -2.12. The number of hydrogen-bond acceptors (Lipinski definition) is 2. The molecule has 0 atom stereocenters. The van der Waals surface area contributed by atoms with Gasteiger partial charge in [-0.1, -0.05) is 6.92 Å². The Kier molecular flexibility index (Phi) is 2.58. The first-order valence-electron chi connectivity index (χ1n) is 4.35. The van der Waals surface area contributed by atoms with Crippen LogP contribution in [0.25, 0.3) is 0 Å². The van der Waals surface area contributed by atoms with Gasteiger partial charge in [-0.05, 0) is 32.4 Å². The molecule has 0 spiro atoms. The van der Waals surface area contributed by atoms with Crippen molar-refractivity contribution in [2.45, 2.75) is 39.2 Å². The molecule has 1 heterocycles. The molecule has 1 aromatic rings. The highest BCUT2D eigenvalue weighted by molar-refractivity contribution is 5.12. The Balaban J connectivity index is 2.77. The molecule has 0 saturated heterocycles. The zero-order chi connectivity index (χ0) is 9.19. The summed E-state index contributed by atoms with van der Waals surface area (Å²) < 4.78 is 5.44. The topological polar surface area (TPSA) is 33.4 Å². The summed E-state index contributed by atoms with van der Waals surface area (Å²) in [6.45, 7) is 5.55. The van der Waals surface area contributed by atoms with Gasteiger partial charge in [-0.25, -0.2) is 0 Å². The summed E-state index contributed by atoms with van der Waals surface area (Å²) >= 11 is 0. The first-order valence-corrected chi connectivity index (χ1v) is 4.35. The second-order valence-electron chi connectivity index (χ2n) is 3.57. The van der Waals surface area contributed by atoms with Crippen LogP contribution in [0.2, 0.25) is 0 Å². The van der Waals surface area contributed by atoms with Crippen LogP contribution in [0.5, 0.6) is 0 Å². The van der Waals surface area contributed by atoms with Crippen LogP contribution in [0.1, 0.15) is 38.7 Å². The van der Waals surface area contributed by atoms with Crippen molar-refractivity contribution in [2.24, 2.45) is 0 Å². The van der Waals surface area contributed by atoms with Crippen molar-refractivity contribution in [1.29, 1.82) is 0 Å². The Labute approximate surface area is 73.2 Å². The smallest absolute Gasteiger partial charge is 0.135 e. The van der Waals surface area contributed by atoms with E-state index in [1.807, 2.05) is 12.1 Å². The quantitative estimate of drug-likeness (QED) is 0.752.